The lowest BCUT2D eigenvalue weighted by Gasteiger charge is -2.21. The Morgan fingerprint density at radius 2 is 1.92 bits per heavy atom. The predicted molar refractivity (Wildman–Crippen MR) is 102 cm³/mol. The highest BCUT2D eigenvalue weighted by atomic mass is 32.1. The SMILES string of the molecule is Cc1ccc(-c2nc(C(=O)N(Cc3ccccc3F)C3CC3)cs2)cc1. The quantitative estimate of drug-likeness (QED) is 0.632. The molecular formula is C21H19FN2OS. The molecule has 0 bridgehead atoms. The van der Waals surface area contributed by atoms with Crippen LogP contribution in [-0.4, -0.2) is 21.8 Å². The van der Waals surface area contributed by atoms with E-state index in [2.05, 4.69) is 4.98 Å². The molecule has 0 saturated heterocycles. The first kappa shape index (κ1) is 16.9. The molecule has 132 valence electrons. The van der Waals surface area contributed by atoms with Crippen molar-refractivity contribution in [3.63, 3.8) is 0 Å². The van der Waals surface area contributed by atoms with Crippen LogP contribution in [0.1, 0.15) is 34.5 Å². The zero-order valence-corrected chi connectivity index (χ0v) is 15.3. The third-order valence-electron chi connectivity index (χ3n) is 4.57. The van der Waals surface area contributed by atoms with E-state index in [9.17, 15) is 9.18 Å². The lowest BCUT2D eigenvalue weighted by atomic mass is 10.1. The molecule has 2 aromatic carbocycles. The van der Waals surface area contributed by atoms with Crippen molar-refractivity contribution < 1.29 is 9.18 Å². The zero-order chi connectivity index (χ0) is 18.1. The molecule has 0 radical (unpaired) electrons. The maximum atomic E-state index is 14.0. The van der Waals surface area contributed by atoms with Crippen LogP contribution in [0.4, 0.5) is 4.39 Å². The molecule has 1 aliphatic carbocycles. The van der Waals surface area contributed by atoms with E-state index in [-0.39, 0.29) is 24.3 Å². The molecule has 1 aromatic heterocycles. The molecule has 1 amide bonds. The van der Waals surface area contributed by atoms with Crippen LogP contribution in [0.2, 0.25) is 0 Å². The van der Waals surface area contributed by atoms with E-state index in [1.165, 1.54) is 23.0 Å². The minimum atomic E-state index is -0.274. The minimum absolute atomic E-state index is 0.120. The van der Waals surface area contributed by atoms with Crippen molar-refractivity contribution in [2.24, 2.45) is 0 Å². The number of hydrogen-bond acceptors (Lipinski definition) is 3. The van der Waals surface area contributed by atoms with E-state index in [1.54, 1.807) is 28.5 Å². The van der Waals surface area contributed by atoms with Crippen molar-refractivity contribution >= 4 is 17.2 Å². The third-order valence-corrected chi connectivity index (χ3v) is 5.46. The van der Waals surface area contributed by atoms with Crippen molar-refractivity contribution in [2.75, 3.05) is 0 Å². The Bertz CT molecular complexity index is 931. The molecule has 0 spiro atoms. The molecule has 1 fully saturated rings. The smallest absolute Gasteiger partial charge is 0.273 e. The minimum Gasteiger partial charge on any atom is -0.330 e. The van der Waals surface area contributed by atoms with Gasteiger partial charge in [0.2, 0.25) is 0 Å². The average molecular weight is 366 g/mol. The Labute approximate surface area is 156 Å². The maximum Gasteiger partial charge on any atom is 0.273 e. The van der Waals surface area contributed by atoms with Crippen molar-refractivity contribution in [3.8, 4) is 10.6 Å². The van der Waals surface area contributed by atoms with Crippen LogP contribution in [0.25, 0.3) is 10.6 Å². The van der Waals surface area contributed by atoms with E-state index < -0.39 is 0 Å². The summed E-state index contributed by atoms with van der Waals surface area (Å²) in [7, 11) is 0. The van der Waals surface area contributed by atoms with Gasteiger partial charge in [0.05, 0.1) is 0 Å². The Kier molecular flexibility index (Phi) is 4.55. The van der Waals surface area contributed by atoms with Gasteiger partial charge in [0.25, 0.3) is 5.91 Å². The van der Waals surface area contributed by atoms with Gasteiger partial charge < -0.3 is 4.90 Å². The first-order chi connectivity index (χ1) is 12.6. The molecular weight excluding hydrogens is 347 g/mol. The van der Waals surface area contributed by atoms with Crippen LogP contribution < -0.4 is 0 Å². The van der Waals surface area contributed by atoms with Crippen molar-refractivity contribution in [1.82, 2.24) is 9.88 Å². The van der Waals surface area contributed by atoms with E-state index >= 15 is 0 Å². The highest BCUT2D eigenvalue weighted by Crippen LogP contribution is 2.31. The van der Waals surface area contributed by atoms with Gasteiger partial charge in [0, 0.05) is 29.1 Å². The van der Waals surface area contributed by atoms with E-state index in [1.807, 2.05) is 31.2 Å². The summed E-state index contributed by atoms with van der Waals surface area (Å²) in [5, 5.41) is 2.63. The number of rotatable bonds is 5. The summed E-state index contributed by atoms with van der Waals surface area (Å²) in [6.07, 6.45) is 1.93. The normalized spacial score (nSPS) is 13.6. The van der Waals surface area contributed by atoms with Gasteiger partial charge in [-0.05, 0) is 25.8 Å². The number of thiazole rings is 1. The largest absolute Gasteiger partial charge is 0.330 e. The van der Waals surface area contributed by atoms with Gasteiger partial charge in [-0.1, -0.05) is 48.0 Å². The van der Waals surface area contributed by atoms with Gasteiger partial charge in [-0.2, -0.15) is 0 Å². The molecule has 0 unspecified atom stereocenters. The summed E-state index contributed by atoms with van der Waals surface area (Å²) in [5.41, 5.74) is 3.17. The molecule has 26 heavy (non-hydrogen) atoms. The van der Waals surface area contributed by atoms with E-state index in [0.717, 1.165) is 23.4 Å². The van der Waals surface area contributed by atoms with E-state index in [4.69, 9.17) is 0 Å². The second-order valence-electron chi connectivity index (χ2n) is 6.66. The molecule has 4 rings (SSSR count). The fourth-order valence-electron chi connectivity index (χ4n) is 2.91. The molecule has 0 N–H and O–H groups in total. The van der Waals surface area contributed by atoms with Gasteiger partial charge in [-0.15, -0.1) is 11.3 Å². The highest BCUT2D eigenvalue weighted by molar-refractivity contribution is 7.13. The number of nitrogens with zero attached hydrogens (tertiary/aromatic N) is 2. The fraction of sp³-hybridized carbons (Fsp3) is 0.238. The average Bonchev–Trinajstić information content (AvgIpc) is 3.37. The first-order valence-electron chi connectivity index (χ1n) is 8.69. The summed E-state index contributed by atoms with van der Waals surface area (Å²) in [5.74, 6) is -0.394. The van der Waals surface area contributed by atoms with Gasteiger partial charge in [0.15, 0.2) is 0 Å². The van der Waals surface area contributed by atoms with Crippen LogP contribution in [0.15, 0.2) is 53.9 Å². The standard InChI is InChI=1S/C21H19FN2OS/c1-14-6-8-15(9-7-14)20-23-19(13-26-20)21(25)24(17-10-11-17)12-16-4-2-3-5-18(16)22/h2-9,13,17H,10-12H2,1H3. The van der Waals surface area contributed by atoms with Crippen molar-refractivity contribution in [2.45, 2.75) is 32.4 Å². The Morgan fingerprint density at radius 3 is 2.62 bits per heavy atom. The van der Waals surface area contributed by atoms with Crippen LogP contribution in [0, 0.1) is 12.7 Å². The molecule has 3 aromatic rings. The molecule has 1 heterocycles. The fourth-order valence-corrected chi connectivity index (χ4v) is 3.71. The zero-order valence-electron chi connectivity index (χ0n) is 14.5. The summed E-state index contributed by atoms with van der Waals surface area (Å²) in [4.78, 5) is 19.3. The lowest BCUT2D eigenvalue weighted by molar-refractivity contribution is 0.0723. The van der Waals surface area contributed by atoms with Gasteiger partial charge in [0.1, 0.15) is 16.5 Å². The van der Waals surface area contributed by atoms with Crippen LogP contribution in [0.5, 0.6) is 0 Å². The second-order valence-corrected chi connectivity index (χ2v) is 7.52. The van der Waals surface area contributed by atoms with Crippen LogP contribution in [-0.2, 0) is 6.54 Å². The van der Waals surface area contributed by atoms with Crippen molar-refractivity contribution in [1.29, 1.82) is 0 Å². The topological polar surface area (TPSA) is 33.2 Å². The number of carbonyl (C=O) groups excluding carboxylic acids is 1. The Hall–Kier alpha value is -2.53. The number of aromatic nitrogens is 1. The number of carbonyl (C=O) groups is 1. The monoisotopic (exact) mass is 366 g/mol. The molecule has 0 atom stereocenters. The molecule has 3 nitrogen and oxygen atoms in total. The number of halogens is 1. The van der Waals surface area contributed by atoms with Crippen LogP contribution >= 0.6 is 11.3 Å². The van der Waals surface area contributed by atoms with Gasteiger partial charge >= 0.3 is 0 Å². The molecule has 1 aliphatic rings. The number of aryl methyl sites for hydroxylation is 1. The van der Waals surface area contributed by atoms with Crippen molar-refractivity contribution in [3.05, 3.63) is 76.5 Å². The summed E-state index contributed by atoms with van der Waals surface area (Å²) in [6, 6.07) is 14.9. The molecule has 0 aliphatic heterocycles. The Morgan fingerprint density at radius 1 is 1.19 bits per heavy atom. The summed E-state index contributed by atoms with van der Waals surface area (Å²) in [6.45, 7) is 2.32. The third kappa shape index (κ3) is 3.53. The van der Waals surface area contributed by atoms with E-state index in [0.29, 0.717) is 11.3 Å². The second kappa shape index (κ2) is 7.00. The number of amides is 1. The number of benzene rings is 2. The predicted octanol–water partition coefficient (Wildman–Crippen LogP) is 5.06. The maximum absolute atomic E-state index is 14.0. The first-order valence-corrected chi connectivity index (χ1v) is 9.57. The summed E-state index contributed by atoms with van der Waals surface area (Å²) < 4.78 is 14.0. The lowest BCUT2D eigenvalue weighted by Crippen LogP contribution is -2.33. The Balaban J connectivity index is 1.57. The number of hydrogen-bond donors (Lipinski definition) is 0. The highest BCUT2D eigenvalue weighted by Gasteiger charge is 2.34. The molecule has 5 heteroatoms. The van der Waals surface area contributed by atoms with Crippen LogP contribution in [0.3, 0.4) is 0 Å². The molecule has 1 saturated carbocycles. The summed E-state index contributed by atoms with van der Waals surface area (Å²) >= 11 is 1.46. The van der Waals surface area contributed by atoms with Gasteiger partial charge in [-0.25, -0.2) is 9.37 Å². The van der Waals surface area contributed by atoms with Gasteiger partial charge in [-0.3, -0.25) is 4.79 Å².